The molecule has 0 unspecified atom stereocenters. The Bertz CT molecular complexity index is 566. The van der Waals surface area contributed by atoms with E-state index in [-0.39, 0.29) is 6.03 Å². The molecule has 2 aromatic heterocycles. The van der Waals surface area contributed by atoms with E-state index in [0.29, 0.717) is 23.8 Å². The number of carbonyl (C=O) groups excluding carboxylic acids is 1. The van der Waals surface area contributed by atoms with Crippen LogP contribution in [0.2, 0.25) is 0 Å². The highest BCUT2D eigenvalue weighted by atomic mass is 32.1. The van der Waals surface area contributed by atoms with Gasteiger partial charge in [0.15, 0.2) is 0 Å². The maximum Gasteiger partial charge on any atom is 0.322 e. The molecule has 2 rings (SSSR count). The van der Waals surface area contributed by atoms with Gasteiger partial charge in [-0.1, -0.05) is 5.16 Å². The van der Waals surface area contributed by atoms with Crippen LogP contribution in [0.4, 0.5) is 10.5 Å². The number of rotatable bonds is 4. The number of amides is 2. The van der Waals surface area contributed by atoms with Gasteiger partial charge in [-0.3, -0.25) is 0 Å². The van der Waals surface area contributed by atoms with Crippen molar-refractivity contribution in [3.63, 3.8) is 0 Å². The van der Waals surface area contributed by atoms with Gasteiger partial charge >= 0.3 is 6.03 Å². The zero-order valence-corrected chi connectivity index (χ0v) is 11.7. The van der Waals surface area contributed by atoms with E-state index in [9.17, 15) is 4.79 Å². The van der Waals surface area contributed by atoms with E-state index in [2.05, 4.69) is 14.8 Å². The molecule has 0 aliphatic carbocycles. The first-order valence-electron chi connectivity index (χ1n) is 5.52. The molecule has 0 radical (unpaired) electrons. The Morgan fingerprint density at radius 3 is 3.05 bits per heavy atom. The standard InChI is InChI=1S/C11H14N4O3S/c1-7-9(5-18-13-7)12-11(16)15(2)4-8-6-19-14-10(8)17-3/h5-6H,4H2,1-3H3,(H,12,16). The summed E-state index contributed by atoms with van der Waals surface area (Å²) in [6.07, 6.45) is 1.40. The largest absolute Gasteiger partial charge is 0.480 e. The maximum atomic E-state index is 12.0. The lowest BCUT2D eigenvalue weighted by molar-refractivity contribution is 0.220. The molecule has 0 aliphatic rings. The van der Waals surface area contributed by atoms with Crippen LogP contribution >= 0.6 is 11.5 Å². The highest BCUT2D eigenvalue weighted by molar-refractivity contribution is 7.03. The number of nitrogens with zero attached hydrogens (tertiary/aromatic N) is 3. The third-order valence-corrected chi connectivity index (χ3v) is 3.21. The highest BCUT2D eigenvalue weighted by Crippen LogP contribution is 2.20. The number of aromatic nitrogens is 2. The molecule has 102 valence electrons. The number of carbonyl (C=O) groups is 1. The zero-order valence-electron chi connectivity index (χ0n) is 10.8. The quantitative estimate of drug-likeness (QED) is 0.929. The second kappa shape index (κ2) is 5.70. The van der Waals surface area contributed by atoms with E-state index in [1.807, 2.05) is 5.38 Å². The molecule has 0 atom stereocenters. The van der Waals surface area contributed by atoms with E-state index in [1.165, 1.54) is 22.7 Å². The Morgan fingerprint density at radius 1 is 1.63 bits per heavy atom. The molecule has 1 N–H and O–H groups in total. The van der Waals surface area contributed by atoms with Gasteiger partial charge in [0.05, 0.1) is 13.7 Å². The summed E-state index contributed by atoms with van der Waals surface area (Å²) in [5.41, 5.74) is 2.07. The van der Waals surface area contributed by atoms with Crippen molar-refractivity contribution in [2.75, 3.05) is 19.5 Å². The Labute approximate surface area is 114 Å². The minimum Gasteiger partial charge on any atom is -0.480 e. The Morgan fingerprint density at radius 2 is 2.42 bits per heavy atom. The number of anilines is 1. The van der Waals surface area contributed by atoms with Gasteiger partial charge in [-0.15, -0.1) is 0 Å². The summed E-state index contributed by atoms with van der Waals surface area (Å²) in [7, 11) is 3.24. The molecule has 0 spiro atoms. The summed E-state index contributed by atoms with van der Waals surface area (Å²) in [6.45, 7) is 2.17. The number of hydrogen-bond acceptors (Lipinski definition) is 6. The number of aryl methyl sites for hydroxylation is 1. The summed E-state index contributed by atoms with van der Waals surface area (Å²) >= 11 is 1.29. The predicted molar refractivity (Wildman–Crippen MR) is 70.4 cm³/mol. The fourth-order valence-electron chi connectivity index (χ4n) is 1.47. The third kappa shape index (κ3) is 3.02. The van der Waals surface area contributed by atoms with Crippen LogP contribution in [0.3, 0.4) is 0 Å². The molecule has 2 amide bonds. The molecule has 2 aromatic rings. The Hall–Kier alpha value is -2.09. The second-order valence-corrected chi connectivity index (χ2v) is 4.58. The topological polar surface area (TPSA) is 80.5 Å². The van der Waals surface area contributed by atoms with Gasteiger partial charge in [0.25, 0.3) is 0 Å². The number of hydrogen-bond donors (Lipinski definition) is 1. The van der Waals surface area contributed by atoms with Gasteiger partial charge in [0.1, 0.15) is 17.6 Å². The second-order valence-electron chi connectivity index (χ2n) is 3.95. The van der Waals surface area contributed by atoms with Gasteiger partial charge in [-0.25, -0.2) is 4.79 Å². The van der Waals surface area contributed by atoms with Crippen molar-refractivity contribution >= 4 is 23.3 Å². The third-order valence-electron chi connectivity index (χ3n) is 2.54. The van der Waals surface area contributed by atoms with Crippen molar-refractivity contribution < 1.29 is 14.1 Å². The Balaban J connectivity index is 1.98. The van der Waals surface area contributed by atoms with E-state index in [1.54, 1.807) is 21.1 Å². The van der Waals surface area contributed by atoms with Crippen LogP contribution in [-0.2, 0) is 6.54 Å². The average molecular weight is 282 g/mol. The Kier molecular flexibility index (Phi) is 4.00. The van der Waals surface area contributed by atoms with Crippen molar-refractivity contribution in [3.05, 3.63) is 22.9 Å². The van der Waals surface area contributed by atoms with Gasteiger partial charge in [-0.05, 0) is 18.5 Å². The summed E-state index contributed by atoms with van der Waals surface area (Å²) in [5.74, 6) is 0.547. The van der Waals surface area contributed by atoms with E-state index in [0.717, 1.165) is 5.56 Å². The minimum atomic E-state index is -0.250. The highest BCUT2D eigenvalue weighted by Gasteiger charge is 2.15. The molecule has 0 aromatic carbocycles. The monoisotopic (exact) mass is 282 g/mol. The molecule has 2 heterocycles. The van der Waals surface area contributed by atoms with Crippen LogP contribution < -0.4 is 10.1 Å². The first-order chi connectivity index (χ1) is 9.11. The van der Waals surface area contributed by atoms with Crippen molar-refractivity contribution in [3.8, 4) is 5.88 Å². The van der Waals surface area contributed by atoms with Crippen LogP contribution in [0, 0.1) is 6.92 Å². The molecule has 19 heavy (non-hydrogen) atoms. The molecule has 7 nitrogen and oxygen atoms in total. The van der Waals surface area contributed by atoms with Crippen LogP contribution in [0.5, 0.6) is 5.88 Å². The molecule has 0 saturated heterocycles. The lowest BCUT2D eigenvalue weighted by atomic mass is 10.3. The van der Waals surface area contributed by atoms with E-state index in [4.69, 9.17) is 9.26 Å². The molecule has 0 saturated carbocycles. The number of ether oxygens (including phenoxy) is 1. The van der Waals surface area contributed by atoms with Crippen molar-refractivity contribution in [1.82, 2.24) is 14.4 Å². The zero-order chi connectivity index (χ0) is 13.8. The molecular weight excluding hydrogens is 268 g/mol. The summed E-state index contributed by atoms with van der Waals surface area (Å²) in [6, 6.07) is -0.250. The van der Waals surface area contributed by atoms with E-state index >= 15 is 0 Å². The maximum absolute atomic E-state index is 12.0. The average Bonchev–Trinajstić information content (AvgIpc) is 2.99. The molecule has 0 fully saturated rings. The lowest BCUT2D eigenvalue weighted by Crippen LogP contribution is -2.30. The first-order valence-corrected chi connectivity index (χ1v) is 6.35. The predicted octanol–water partition coefficient (Wildman–Crippen LogP) is 2.11. The fourth-order valence-corrected chi connectivity index (χ4v) is 2.11. The van der Waals surface area contributed by atoms with Crippen LogP contribution in [-0.4, -0.2) is 34.6 Å². The minimum absolute atomic E-state index is 0.250. The van der Waals surface area contributed by atoms with Crippen LogP contribution in [0.15, 0.2) is 16.2 Å². The number of urea groups is 1. The van der Waals surface area contributed by atoms with Gasteiger partial charge < -0.3 is 19.5 Å². The molecule has 0 aliphatic heterocycles. The van der Waals surface area contributed by atoms with Gasteiger partial charge in [0.2, 0.25) is 5.88 Å². The summed E-state index contributed by atoms with van der Waals surface area (Å²) in [5, 5.41) is 8.26. The van der Waals surface area contributed by atoms with Crippen LogP contribution in [0.25, 0.3) is 0 Å². The molecule has 0 bridgehead atoms. The van der Waals surface area contributed by atoms with Gasteiger partial charge in [-0.2, -0.15) is 4.37 Å². The first kappa shape index (κ1) is 13.3. The fraction of sp³-hybridized carbons (Fsp3) is 0.364. The van der Waals surface area contributed by atoms with Crippen molar-refractivity contribution in [1.29, 1.82) is 0 Å². The smallest absolute Gasteiger partial charge is 0.322 e. The summed E-state index contributed by atoms with van der Waals surface area (Å²) in [4.78, 5) is 13.5. The number of methoxy groups -OCH3 is 1. The van der Waals surface area contributed by atoms with Crippen molar-refractivity contribution in [2.45, 2.75) is 13.5 Å². The normalized spacial score (nSPS) is 10.3. The molecule has 8 heteroatoms. The number of nitrogens with one attached hydrogen (secondary N) is 1. The SMILES string of the molecule is COc1nscc1CN(C)C(=O)Nc1conc1C. The van der Waals surface area contributed by atoms with Crippen molar-refractivity contribution in [2.24, 2.45) is 0 Å². The summed E-state index contributed by atoms with van der Waals surface area (Å²) < 4.78 is 13.9. The van der Waals surface area contributed by atoms with Crippen LogP contribution in [0.1, 0.15) is 11.3 Å². The lowest BCUT2D eigenvalue weighted by Gasteiger charge is -2.17. The molecular formula is C11H14N4O3S. The van der Waals surface area contributed by atoms with Gasteiger partial charge in [0, 0.05) is 18.0 Å². The van der Waals surface area contributed by atoms with E-state index < -0.39 is 0 Å².